The average molecular weight is 303 g/mol. The van der Waals surface area contributed by atoms with Gasteiger partial charge in [-0.1, -0.05) is 18.2 Å². The molecule has 0 aliphatic carbocycles. The van der Waals surface area contributed by atoms with Crippen molar-refractivity contribution < 1.29 is 9.47 Å². The second kappa shape index (κ2) is 8.27. The Kier molecular flexibility index (Phi) is 5.81. The number of aliphatic imine (C=N–C) groups is 1. The fraction of sp³-hybridized carbons (Fsp3) is 0.588. The molecule has 1 fully saturated rings. The van der Waals surface area contributed by atoms with Crippen LogP contribution in [0.2, 0.25) is 0 Å². The van der Waals surface area contributed by atoms with Crippen LogP contribution in [0.4, 0.5) is 0 Å². The highest BCUT2D eigenvalue weighted by Crippen LogP contribution is 2.09. The maximum absolute atomic E-state index is 5.82. The lowest BCUT2D eigenvalue weighted by Gasteiger charge is -2.26. The van der Waals surface area contributed by atoms with E-state index in [1.165, 1.54) is 5.56 Å². The second-order valence-corrected chi connectivity index (χ2v) is 5.72. The molecule has 2 heterocycles. The lowest BCUT2D eigenvalue weighted by atomic mass is 10.1. The van der Waals surface area contributed by atoms with Gasteiger partial charge in [-0.25, -0.2) is 0 Å². The predicted octanol–water partition coefficient (Wildman–Crippen LogP) is 1.28. The van der Waals surface area contributed by atoms with Gasteiger partial charge in [0.15, 0.2) is 0 Å². The third-order valence-corrected chi connectivity index (χ3v) is 4.02. The number of hydrogen-bond acceptors (Lipinski definition) is 5. The molecule has 2 aliphatic rings. The minimum atomic E-state index is 0.658. The average Bonchev–Trinajstić information content (AvgIpc) is 2.61. The summed E-state index contributed by atoms with van der Waals surface area (Å²) in [5.41, 5.74) is 2.36. The van der Waals surface area contributed by atoms with Gasteiger partial charge in [-0.2, -0.15) is 0 Å². The number of nitrogens with one attached hydrogen (secondary N) is 1. The first-order valence-corrected chi connectivity index (χ1v) is 8.17. The van der Waals surface area contributed by atoms with Gasteiger partial charge < -0.3 is 14.8 Å². The van der Waals surface area contributed by atoms with Crippen molar-refractivity contribution in [3.05, 3.63) is 35.4 Å². The Morgan fingerprint density at radius 2 is 2.18 bits per heavy atom. The topological polar surface area (TPSA) is 46.1 Å². The summed E-state index contributed by atoms with van der Waals surface area (Å²) >= 11 is 0. The molecule has 0 bridgehead atoms. The molecule has 0 radical (unpaired) electrons. The molecule has 0 atom stereocenters. The molecule has 0 spiro atoms. The molecule has 0 unspecified atom stereocenters. The van der Waals surface area contributed by atoms with Crippen LogP contribution in [0.5, 0.6) is 0 Å². The van der Waals surface area contributed by atoms with Gasteiger partial charge in [-0.3, -0.25) is 9.89 Å². The minimum absolute atomic E-state index is 0.658. The van der Waals surface area contributed by atoms with Crippen molar-refractivity contribution in [1.29, 1.82) is 0 Å². The Balaban J connectivity index is 1.45. The number of morpholine rings is 1. The lowest BCUT2D eigenvalue weighted by molar-refractivity contribution is 0.0180. The summed E-state index contributed by atoms with van der Waals surface area (Å²) in [4.78, 5) is 6.93. The summed E-state index contributed by atoms with van der Waals surface area (Å²) in [5.74, 6) is 1.02. The second-order valence-electron chi connectivity index (χ2n) is 5.72. The maximum Gasteiger partial charge on any atom is 0.128 e. The van der Waals surface area contributed by atoms with Crippen LogP contribution in [0, 0.1) is 0 Å². The smallest absolute Gasteiger partial charge is 0.128 e. The number of rotatable bonds is 6. The van der Waals surface area contributed by atoms with E-state index >= 15 is 0 Å². The van der Waals surface area contributed by atoms with Crippen molar-refractivity contribution in [2.24, 2.45) is 4.99 Å². The zero-order valence-electron chi connectivity index (χ0n) is 13.1. The Labute approximate surface area is 132 Å². The summed E-state index contributed by atoms with van der Waals surface area (Å²) in [6.07, 6.45) is 1.12. The van der Waals surface area contributed by atoms with E-state index in [0.29, 0.717) is 6.61 Å². The summed E-state index contributed by atoms with van der Waals surface area (Å²) in [5, 5.41) is 3.36. The highest BCUT2D eigenvalue weighted by atomic mass is 16.5. The number of benzene rings is 1. The highest BCUT2D eigenvalue weighted by Gasteiger charge is 2.10. The minimum Gasteiger partial charge on any atom is -0.379 e. The van der Waals surface area contributed by atoms with Gasteiger partial charge in [-0.05, 0) is 18.1 Å². The zero-order valence-corrected chi connectivity index (χ0v) is 13.1. The SMILES string of the molecule is c1cc(COCCN2CCOCC2)cc(C2=NCCCN2)c1. The predicted molar refractivity (Wildman–Crippen MR) is 87.4 cm³/mol. The van der Waals surface area contributed by atoms with Gasteiger partial charge in [0.1, 0.15) is 5.84 Å². The highest BCUT2D eigenvalue weighted by molar-refractivity contribution is 5.99. The molecule has 0 amide bonds. The first-order valence-electron chi connectivity index (χ1n) is 8.17. The molecule has 5 heteroatoms. The third-order valence-electron chi connectivity index (χ3n) is 4.02. The molecule has 1 aromatic rings. The Bertz CT molecular complexity index is 498. The van der Waals surface area contributed by atoms with Crippen LogP contribution in [-0.2, 0) is 16.1 Å². The van der Waals surface area contributed by atoms with Crippen molar-refractivity contribution in [3.63, 3.8) is 0 Å². The van der Waals surface area contributed by atoms with E-state index < -0.39 is 0 Å². The van der Waals surface area contributed by atoms with E-state index in [0.717, 1.165) is 70.4 Å². The van der Waals surface area contributed by atoms with E-state index in [1.54, 1.807) is 0 Å². The first kappa shape index (κ1) is 15.5. The molecule has 0 aromatic heterocycles. The largest absolute Gasteiger partial charge is 0.379 e. The van der Waals surface area contributed by atoms with E-state index in [1.807, 2.05) is 0 Å². The number of amidine groups is 1. The number of hydrogen-bond donors (Lipinski definition) is 1. The van der Waals surface area contributed by atoms with E-state index in [-0.39, 0.29) is 0 Å². The maximum atomic E-state index is 5.82. The Morgan fingerprint density at radius 3 is 3.00 bits per heavy atom. The molecule has 5 nitrogen and oxygen atoms in total. The molecule has 120 valence electrons. The van der Waals surface area contributed by atoms with Crippen LogP contribution < -0.4 is 5.32 Å². The van der Waals surface area contributed by atoms with E-state index in [9.17, 15) is 0 Å². The zero-order chi connectivity index (χ0) is 15.0. The van der Waals surface area contributed by atoms with Gasteiger partial charge >= 0.3 is 0 Å². The molecule has 1 saturated heterocycles. The fourth-order valence-electron chi connectivity index (χ4n) is 2.74. The molecule has 1 N–H and O–H groups in total. The van der Waals surface area contributed by atoms with Crippen molar-refractivity contribution in [3.8, 4) is 0 Å². The van der Waals surface area contributed by atoms with Gasteiger partial charge in [0.2, 0.25) is 0 Å². The van der Waals surface area contributed by atoms with Crippen molar-refractivity contribution >= 4 is 5.84 Å². The summed E-state index contributed by atoms with van der Waals surface area (Å²) in [6.45, 7) is 8.07. The van der Waals surface area contributed by atoms with Crippen molar-refractivity contribution in [2.45, 2.75) is 13.0 Å². The first-order chi connectivity index (χ1) is 10.9. The normalized spacial score (nSPS) is 19.5. The molecular formula is C17H25N3O2. The fourth-order valence-corrected chi connectivity index (χ4v) is 2.74. The van der Waals surface area contributed by atoms with Crippen LogP contribution in [0.15, 0.2) is 29.3 Å². The molecular weight excluding hydrogens is 278 g/mol. The molecule has 1 aromatic carbocycles. The summed E-state index contributed by atoms with van der Waals surface area (Å²) < 4.78 is 11.2. The Hall–Kier alpha value is -1.43. The van der Waals surface area contributed by atoms with Crippen LogP contribution in [0.1, 0.15) is 17.5 Å². The lowest BCUT2D eigenvalue weighted by Crippen LogP contribution is -2.38. The number of nitrogens with zero attached hydrogens (tertiary/aromatic N) is 2. The van der Waals surface area contributed by atoms with Gasteiger partial charge in [0, 0.05) is 38.3 Å². The molecule has 22 heavy (non-hydrogen) atoms. The van der Waals surface area contributed by atoms with Gasteiger partial charge in [-0.15, -0.1) is 0 Å². The quantitative estimate of drug-likeness (QED) is 0.804. The summed E-state index contributed by atoms with van der Waals surface area (Å²) in [7, 11) is 0. The monoisotopic (exact) mass is 303 g/mol. The third kappa shape index (κ3) is 4.53. The van der Waals surface area contributed by atoms with Crippen LogP contribution in [-0.4, -0.2) is 63.3 Å². The van der Waals surface area contributed by atoms with Crippen LogP contribution in [0.3, 0.4) is 0 Å². The van der Waals surface area contributed by atoms with Crippen molar-refractivity contribution in [1.82, 2.24) is 10.2 Å². The summed E-state index contributed by atoms with van der Waals surface area (Å²) in [6, 6.07) is 8.47. The van der Waals surface area contributed by atoms with E-state index in [4.69, 9.17) is 9.47 Å². The molecule has 0 saturated carbocycles. The van der Waals surface area contributed by atoms with Crippen LogP contribution in [0.25, 0.3) is 0 Å². The van der Waals surface area contributed by atoms with Gasteiger partial charge in [0.25, 0.3) is 0 Å². The van der Waals surface area contributed by atoms with E-state index in [2.05, 4.69) is 39.5 Å². The van der Waals surface area contributed by atoms with Crippen LogP contribution >= 0.6 is 0 Å². The molecule has 2 aliphatic heterocycles. The Morgan fingerprint density at radius 1 is 1.27 bits per heavy atom. The van der Waals surface area contributed by atoms with Gasteiger partial charge in [0.05, 0.1) is 26.4 Å². The number of ether oxygens (including phenoxy) is 2. The standard InChI is InChI=1S/C17H25N3O2/c1-3-15(13-16(4-1)17-18-5-2-6-19-17)14-22-12-9-20-7-10-21-11-8-20/h1,3-4,13H,2,5-12,14H2,(H,18,19). The van der Waals surface area contributed by atoms with Crippen molar-refractivity contribution in [2.75, 3.05) is 52.5 Å². The molecule has 3 rings (SSSR count).